The Morgan fingerprint density at radius 2 is 2.13 bits per heavy atom. The zero-order valence-corrected chi connectivity index (χ0v) is 8.64. The number of fused-ring (bicyclic) bond motifs is 1. The van der Waals surface area contributed by atoms with Crippen molar-refractivity contribution in [2.75, 3.05) is 12.3 Å². The highest BCUT2D eigenvalue weighted by molar-refractivity contribution is 5.76. The van der Waals surface area contributed by atoms with Crippen molar-refractivity contribution in [3.8, 4) is 0 Å². The molecule has 1 aromatic carbocycles. The Kier molecular flexibility index (Phi) is 2.51. The molecular weight excluding hydrogens is 188 g/mol. The number of aromatic nitrogens is 2. The van der Waals surface area contributed by atoms with Gasteiger partial charge in [0.25, 0.3) is 0 Å². The van der Waals surface area contributed by atoms with Crippen molar-refractivity contribution in [2.45, 2.75) is 12.8 Å². The number of rotatable bonds is 2. The zero-order valence-electron chi connectivity index (χ0n) is 8.64. The molecule has 0 aliphatic heterocycles. The molecule has 0 saturated heterocycles. The molecule has 2 aromatic rings. The van der Waals surface area contributed by atoms with E-state index in [4.69, 9.17) is 11.5 Å². The quantitative estimate of drug-likeness (QED) is 0.768. The fraction of sp³-hybridized carbons (Fsp3) is 0.273. The molecule has 0 aliphatic rings. The SMILES string of the molecule is CC(CN)c1ccc2nc(N)cnc2c1. The van der Waals surface area contributed by atoms with Gasteiger partial charge in [-0.05, 0) is 30.2 Å². The van der Waals surface area contributed by atoms with Crippen LogP contribution in [0.3, 0.4) is 0 Å². The molecule has 1 unspecified atom stereocenters. The van der Waals surface area contributed by atoms with Crippen LogP contribution in [0.1, 0.15) is 18.4 Å². The van der Waals surface area contributed by atoms with E-state index in [0.717, 1.165) is 11.0 Å². The minimum Gasteiger partial charge on any atom is -0.382 e. The zero-order chi connectivity index (χ0) is 10.8. The minimum absolute atomic E-state index is 0.341. The second kappa shape index (κ2) is 3.82. The van der Waals surface area contributed by atoms with E-state index < -0.39 is 0 Å². The van der Waals surface area contributed by atoms with E-state index in [-0.39, 0.29) is 0 Å². The maximum absolute atomic E-state index is 5.62. The molecule has 4 N–H and O–H groups in total. The third-order valence-corrected chi connectivity index (χ3v) is 2.51. The van der Waals surface area contributed by atoms with Crippen LogP contribution >= 0.6 is 0 Å². The minimum atomic E-state index is 0.341. The molecule has 0 radical (unpaired) electrons. The van der Waals surface area contributed by atoms with Gasteiger partial charge in [0.05, 0.1) is 17.2 Å². The maximum atomic E-state index is 5.62. The number of anilines is 1. The first-order valence-electron chi connectivity index (χ1n) is 4.93. The lowest BCUT2D eigenvalue weighted by Gasteiger charge is -2.09. The molecule has 4 nitrogen and oxygen atoms in total. The van der Waals surface area contributed by atoms with Crippen LogP contribution < -0.4 is 11.5 Å². The third-order valence-electron chi connectivity index (χ3n) is 2.51. The average molecular weight is 202 g/mol. The Morgan fingerprint density at radius 3 is 2.87 bits per heavy atom. The number of nitrogen functional groups attached to an aromatic ring is 1. The molecule has 78 valence electrons. The number of nitrogens with two attached hydrogens (primary N) is 2. The van der Waals surface area contributed by atoms with E-state index in [1.807, 2.05) is 18.2 Å². The molecule has 1 aromatic heterocycles. The molecule has 2 rings (SSSR count). The lowest BCUT2D eigenvalue weighted by atomic mass is 10.0. The first-order valence-corrected chi connectivity index (χ1v) is 4.93. The van der Waals surface area contributed by atoms with Gasteiger partial charge in [0.1, 0.15) is 5.82 Å². The van der Waals surface area contributed by atoms with Crippen molar-refractivity contribution in [1.29, 1.82) is 0 Å². The topological polar surface area (TPSA) is 77.8 Å². The lowest BCUT2D eigenvalue weighted by Crippen LogP contribution is -2.08. The molecule has 0 aliphatic carbocycles. The van der Waals surface area contributed by atoms with Crippen molar-refractivity contribution < 1.29 is 0 Å². The second-order valence-corrected chi connectivity index (χ2v) is 3.68. The van der Waals surface area contributed by atoms with Crippen LogP contribution in [-0.2, 0) is 0 Å². The van der Waals surface area contributed by atoms with Crippen LogP contribution in [-0.4, -0.2) is 16.5 Å². The van der Waals surface area contributed by atoms with E-state index >= 15 is 0 Å². The highest BCUT2D eigenvalue weighted by atomic mass is 14.9. The fourth-order valence-corrected chi connectivity index (χ4v) is 1.48. The van der Waals surface area contributed by atoms with Gasteiger partial charge in [-0.3, -0.25) is 4.98 Å². The largest absolute Gasteiger partial charge is 0.382 e. The summed E-state index contributed by atoms with van der Waals surface area (Å²) in [6.45, 7) is 2.72. The van der Waals surface area contributed by atoms with E-state index in [0.29, 0.717) is 18.3 Å². The van der Waals surface area contributed by atoms with Crippen LogP contribution in [0.15, 0.2) is 24.4 Å². The number of hydrogen-bond donors (Lipinski definition) is 2. The van der Waals surface area contributed by atoms with Crippen molar-refractivity contribution in [1.82, 2.24) is 9.97 Å². The Bertz CT molecular complexity index is 481. The standard InChI is InChI=1S/C11H14N4/c1-7(5-12)8-2-3-9-10(4-8)14-6-11(13)15-9/h2-4,6-7H,5,12H2,1H3,(H2,13,15). The maximum Gasteiger partial charge on any atom is 0.142 e. The summed E-state index contributed by atoms with van der Waals surface area (Å²) in [5.74, 6) is 0.788. The highest BCUT2D eigenvalue weighted by Crippen LogP contribution is 2.18. The third kappa shape index (κ3) is 1.89. The molecule has 1 heterocycles. The first-order chi connectivity index (χ1) is 7.20. The predicted octanol–water partition coefficient (Wildman–Crippen LogP) is 1.27. The lowest BCUT2D eigenvalue weighted by molar-refractivity contribution is 0.775. The Hall–Kier alpha value is -1.68. The van der Waals surface area contributed by atoms with Crippen molar-refractivity contribution in [3.63, 3.8) is 0 Å². The molecular formula is C11H14N4. The summed E-state index contributed by atoms with van der Waals surface area (Å²) in [4.78, 5) is 8.42. The van der Waals surface area contributed by atoms with Gasteiger partial charge < -0.3 is 11.5 Å². The van der Waals surface area contributed by atoms with Crippen molar-refractivity contribution in [3.05, 3.63) is 30.0 Å². The molecule has 0 fully saturated rings. The molecule has 0 bridgehead atoms. The summed E-state index contributed by atoms with van der Waals surface area (Å²) >= 11 is 0. The van der Waals surface area contributed by atoms with E-state index in [1.165, 1.54) is 5.56 Å². The van der Waals surface area contributed by atoms with Gasteiger partial charge in [-0.2, -0.15) is 0 Å². The summed E-state index contributed by atoms with van der Waals surface area (Å²) in [6, 6.07) is 5.97. The Balaban J connectivity index is 2.52. The fourth-order valence-electron chi connectivity index (χ4n) is 1.48. The summed E-state index contributed by atoms with van der Waals surface area (Å²) in [5.41, 5.74) is 14.0. The Labute approximate surface area is 88.3 Å². The summed E-state index contributed by atoms with van der Waals surface area (Å²) < 4.78 is 0. The van der Waals surface area contributed by atoms with Crippen LogP contribution in [0.4, 0.5) is 5.82 Å². The predicted molar refractivity (Wildman–Crippen MR) is 61.4 cm³/mol. The average Bonchev–Trinajstić information content (AvgIpc) is 2.27. The summed E-state index contributed by atoms with van der Waals surface area (Å²) in [5, 5.41) is 0. The van der Waals surface area contributed by atoms with Gasteiger partial charge in [0.15, 0.2) is 0 Å². The van der Waals surface area contributed by atoms with Crippen LogP contribution in [0.25, 0.3) is 11.0 Å². The summed E-state index contributed by atoms with van der Waals surface area (Å²) in [6.07, 6.45) is 1.57. The highest BCUT2D eigenvalue weighted by Gasteiger charge is 2.05. The van der Waals surface area contributed by atoms with Gasteiger partial charge in [0, 0.05) is 0 Å². The molecule has 4 heteroatoms. The number of benzene rings is 1. The van der Waals surface area contributed by atoms with Gasteiger partial charge in [0.2, 0.25) is 0 Å². The van der Waals surface area contributed by atoms with E-state index in [9.17, 15) is 0 Å². The number of hydrogen-bond acceptors (Lipinski definition) is 4. The normalized spacial score (nSPS) is 12.9. The van der Waals surface area contributed by atoms with Gasteiger partial charge >= 0.3 is 0 Å². The van der Waals surface area contributed by atoms with Crippen molar-refractivity contribution in [2.24, 2.45) is 5.73 Å². The smallest absolute Gasteiger partial charge is 0.142 e. The van der Waals surface area contributed by atoms with Gasteiger partial charge in [-0.1, -0.05) is 13.0 Å². The van der Waals surface area contributed by atoms with E-state index in [1.54, 1.807) is 6.20 Å². The van der Waals surface area contributed by atoms with Crippen LogP contribution in [0.5, 0.6) is 0 Å². The van der Waals surface area contributed by atoms with Gasteiger partial charge in [-0.15, -0.1) is 0 Å². The Morgan fingerprint density at radius 1 is 1.33 bits per heavy atom. The summed E-state index contributed by atoms with van der Waals surface area (Å²) in [7, 11) is 0. The second-order valence-electron chi connectivity index (χ2n) is 3.68. The first kappa shape index (κ1) is 9.86. The van der Waals surface area contributed by atoms with Crippen LogP contribution in [0, 0.1) is 0 Å². The molecule has 0 spiro atoms. The van der Waals surface area contributed by atoms with Gasteiger partial charge in [-0.25, -0.2) is 4.98 Å². The van der Waals surface area contributed by atoms with Crippen molar-refractivity contribution >= 4 is 16.9 Å². The molecule has 0 saturated carbocycles. The monoisotopic (exact) mass is 202 g/mol. The molecule has 0 amide bonds. The molecule has 15 heavy (non-hydrogen) atoms. The number of nitrogens with zero attached hydrogens (tertiary/aromatic N) is 2. The van der Waals surface area contributed by atoms with E-state index in [2.05, 4.69) is 16.9 Å². The van der Waals surface area contributed by atoms with Crippen LogP contribution in [0.2, 0.25) is 0 Å². The molecule has 1 atom stereocenters.